The zero-order valence-corrected chi connectivity index (χ0v) is 15.8. The van der Waals surface area contributed by atoms with Crippen LogP contribution in [0.5, 0.6) is 5.88 Å². The third-order valence-corrected chi connectivity index (χ3v) is 4.60. The number of methoxy groups -OCH3 is 2. The van der Waals surface area contributed by atoms with Crippen LogP contribution < -0.4 is 4.74 Å². The summed E-state index contributed by atoms with van der Waals surface area (Å²) < 4.78 is 10.7. The second-order valence-corrected chi connectivity index (χ2v) is 6.56. The summed E-state index contributed by atoms with van der Waals surface area (Å²) in [6, 6.07) is 9.69. The first-order valence-electron chi connectivity index (χ1n) is 8.56. The second-order valence-electron chi connectivity index (χ2n) is 6.56. The molecule has 0 bridgehead atoms. The maximum absolute atomic E-state index is 13.2. The van der Waals surface area contributed by atoms with E-state index >= 15 is 0 Å². The Balaban J connectivity index is 2.05. The molecule has 0 saturated carbocycles. The highest BCUT2D eigenvalue weighted by molar-refractivity contribution is 6.33. The SMILES string of the molecule is COC1=C(c2c(C)cc(C)cc2C)C(=O)/C(=C/c2cccc(OC)n2)C1. The van der Waals surface area contributed by atoms with Crippen molar-refractivity contribution in [2.45, 2.75) is 27.2 Å². The molecule has 134 valence electrons. The number of hydrogen-bond donors (Lipinski definition) is 0. The monoisotopic (exact) mass is 349 g/mol. The van der Waals surface area contributed by atoms with Gasteiger partial charge < -0.3 is 9.47 Å². The van der Waals surface area contributed by atoms with Crippen LogP contribution in [0.15, 0.2) is 41.7 Å². The van der Waals surface area contributed by atoms with Crippen LogP contribution in [0.3, 0.4) is 0 Å². The van der Waals surface area contributed by atoms with Crippen molar-refractivity contribution in [2.24, 2.45) is 0 Å². The number of pyridine rings is 1. The van der Waals surface area contributed by atoms with Crippen molar-refractivity contribution < 1.29 is 14.3 Å². The van der Waals surface area contributed by atoms with Crippen molar-refractivity contribution in [3.05, 3.63) is 69.6 Å². The van der Waals surface area contributed by atoms with Gasteiger partial charge in [0.05, 0.1) is 25.5 Å². The summed E-state index contributed by atoms with van der Waals surface area (Å²) in [5, 5.41) is 0. The lowest BCUT2D eigenvalue weighted by Gasteiger charge is -2.13. The second kappa shape index (κ2) is 7.16. The lowest BCUT2D eigenvalue weighted by molar-refractivity contribution is -0.110. The average molecular weight is 349 g/mol. The Kier molecular flexibility index (Phi) is 4.94. The van der Waals surface area contributed by atoms with Crippen molar-refractivity contribution in [3.8, 4) is 5.88 Å². The summed E-state index contributed by atoms with van der Waals surface area (Å²) in [6.45, 7) is 6.13. The molecule has 0 unspecified atom stereocenters. The summed E-state index contributed by atoms with van der Waals surface area (Å²) in [6.07, 6.45) is 2.28. The van der Waals surface area contributed by atoms with E-state index in [9.17, 15) is 4.79 Å². The zero-order chi connectivity index (χ0) is 18.8. The number of aromatic nitrogens is 1. The number of carbonyl (C=O) groups excluding carboxylic acids is 1. The van der Waals surface area contributed by atoms with Crippen LogP contribution >= 0.6 is 0 Å². The van der Waals surface area contributed by atoms with Gasteiger partial charge >= 0.3 is 0 Å². The van der Waals surface area contributed by atoms with Crippen LogP contribution in [0, 0.1) is 20.8 Å². The van der Waals surface area contributed by atoms with Crippen molar-refractivity contribution in [2.75, 3.05) is 14.2 Å². The molecule has 4 nitrogen and oxygen atoms in total. The zero-order valence-electron chi connectivity index (χ0n) is 15.8. The number of Topliss-reactive ketones (excluding diaryl/α,β-unsaturated/α-hetero) is 1. The molecule has 3 rings (SSSR count). The minimum atomic E-state index is 0.00141. The largest absolute Gasteiger partial charge is 0.500 e. The normalized spacial score (nSPS) is 15.7. The molecule has 1 heterocycles. The first-order chi connectivity index (χ1) is 12.4. The van der Waals surface area contributed by atoms with Crippen molar-refractivity contribution >= 4 is 17.4 Å². The third-order valence-electron chi connectivity index (χ3n) is 4.60. The maximum atomic E-state index is 13.2. The van der Waals surface area contributed by atoms with E-state index in [1.807, 2.05) is 32.1 Å². The molecular weight excluding hydrogens is 326 g/mol. The molecule has 0 atom stereocenters. The van der Waals surface area contributed by atoms with Crippen LogP contribution in [0.25, 0.3) is 11.6 Å². The third kappa shape index (κ3) is 3.27. The molecule has 0 amide bonds. The van der Waals surface area contributed by atoms with Gasteiger partial charge in [-0.15, -0.1) is 0 Å². The number of carbonyl (C=O) groups is 1. The van der Waals surface area contributed by atoms with E-state index < -0.39 is 0 Å². The summed E-state index contributed by atoms with van der Waals surface area (Å²) >= 11 is 0. The molecule has 0 aliphatic heterocycles. The van der Waals surface area contributed by atoms with E-state index in [2.05, 4.69) is 24.0 Å². The lowest BCUT2D eigenvalue weighted by Crippen LogP contribution is -2.04. The number of ether oxygens (including phenoxy) is 2. The lowest BCUT2D eigenvalue weighted by atomic mass is 9.92. The first-order valence-corrected chi connectivity index (χ1v) is 8.56. The summed E-state index contributed by atoms with van der Waals surface area (Å²) in [7, 11) is 3.19. The minimum absolute atomic E-state index is 0.00141. The Morgan fingerprint density at radius 2 is 1.73 bits per heavy atom. The van der Waals surface area contributed by atoms with Crippen LogP contribution in [0.4, 0.5) is 0 Å². The molecule has 26 heavy (non-hydrogen) atoms. The van der Waals surface area contributed by atoms with Gasteiger partial charge in [-0.1, -0.05) is 23.8 Å². The number of allylic oxidation sites excluding steroid dienone is 2. The number of hydrogen-bond acceptors (Lipinski definition) is 4. The molecule has 4 heteroatoms. The van der Waals surface area contributed by atoms with Crippen molar-refractivity contribution in [1.82, 2.24) is 4.98 Å². The highest BCUT2D eigenvalue weighted by atomic mass is 16.5. The van der Waals surface area contributed by atoms with Gasteiger partial charge in [0.1, 0.15) is 5.76 Å². The number of aryl methyl sites for hydroxylation is 3. The molecule has 0 spiro atoms. The van der Waals surface area contributed by atoms with Crippen LogP contribution in [-0.4, -0.2) is 25.0 Å². The van der Waals surface area contributed by atoms with Gasteiger partial charge in [-0.05, 0) is 49.6 Å². The Bertz CT molecular complexity index is 915. The molecule has 0 fully saturated rings. The number of benzene rings is 1. The fourth-order valence-electron chi connectivity index (χ4n) is 3.55. The molecule has 1 aromatic heterocycles. The van der Waals surface area contributed by atoms with E-state index in [1.165, 1.54) is 5.56 Å². The summed E-state index contributed by atoms with van der Waals surface area (Å²) in [5.74, 6) is 1.23. The fourth-order valence-corrected chi connectivity index (χ4v) is 3.55. The summed E-state index contributed by atoms with van der Waals surface area (Å²) in [4.78, 5) is 17.5. The van der Waals surface area contributed by atoms with Gasteiger partial charge in [-0.25, -0.2) is 4.98 Å². The Labute approximate surface area is 154 Å². The van der Waals surface area contributed by atoms with E-state index in [1.54, 1.807) is 20.3 Å². The predicted octanol–water partition coefficient (Wildman–Crippen LogP) is 4.43. The van der Waals surface area contributed by atoms with E-state index in [0.29, 0.717) is 34.9 Å². The summed E-state index contributed by atoms with van der Waals surface area (Å²) in [5.41, 5.74) is 6.36. The average Bonchev–Trinajstić information content (AvgIpc) is 2.90. The van der Waals surface area contributed by atoms with Gasteiger partial charge in [0, 0.05) is 18.1 Å². The highest BCUT2D eigenvalue weighted by Crippen LogP contribution is 2.38. The molecule has 0 radical (unpaired) electrons. The minimum Gasteiger partial charge on any atom is -0.500 e. The van der Waals surface area contributed by atoms with E-state index in [0.717, 1.165) is 16.7 Å². The predicted molar refractivity (Wildman–Crippen MR) is 103 cm³/mol. The van der Waals surface area contributed by atoms with Crippen molar-refractivity contribution in [1.29, 1.82) is 0 Å². The molecule has 0 N–H and O–H groups in total. The number of ketones is 1. The standard InChI is InChI=1S/C22H23NO3/c1-13-9-14(2)20(15(3)10-13)21-18(25-4)12-16(22(21)24)11-17-7-6-8-19(23-17)26-5/h6-11H,12H2,1-5H3/b16-11+. The number of rotatable bonds is 4. The van der Waals surface area contributed by atoms with Gasteiger partial charge in [0.25, 0.3) is 0 Å². The molecule has 1 aromatic carbocycles. The molecule has 1 aliphatic carbocycles. The molecular formula is C22H23NO3. The first kappa shape index (κ1) is 17.9. The molecule has 1 aliphatic rings. The van der Waals surface area contributed by atoms with E-state index in [4.69, 9.17) is 9.47 Å². The van der Waals surface area contributed by atoms with Crippen LogP contribution in [0.1, 0.15) is 34.4 Å². The van der Waals surface area contributed by atoms with E-state index in [-0.39, 0.29) is 5.78 Å². The Morgan fingerprint density at radius 1 is 1.04 bits per heavy atom. The van der Waals surface area contributed by atoms with Crippen LogP contribution in [-0.2, 0) is 9.53 Å². The fraction of sp³-hybridized carbons (Fsp3) is 0.273. The van der Waals surface area contributed by atoms with Gasteiger partial charge in [-0.3, -0.25) is 4.79 Å². The van der Waals surface area contributed by atoms with Gasteiger partial charge in [0.2, 0.25) is 5.88 Å². The van der Waals surface area contributed by atoms with Gasteiger partial charge in [0.15, 0.2) is 5.78 Å². The Morgan fingerprint density at radius 3 is 2.35 bits per heavy atom. The quantitative estimate of drug-likeness (QED) is 0.766. The number of nitrogens with zero attached hydrogens (tertiary/aromatic N) is 1. The Hall–Kier alpha value is -2.88. The molecule has 0 saturated heterocycles. The highest BCUT2D eigenvalue weighted by Gasteiger charge is 2.32. The smallest absolute Gasteiger partial charge is 0.213 e. The van der Waals surface area contributed by atoms with Crippen molar-refractivity contribution in [3.63, 3.8) is 0 Å². The van der Waals surface area contributed by atoms with Crippen LogP contribution in [0.2, 0.25) is 0 Å². The maximum Gasteiger partial charge on any atom is 0.213 e. The molecule has 2 aromatic rings. The topological polar surface area (TPSA) is 48.4 Å². The van der Waals surface area contributed by atoms with Gasteiger partial charge in [-0.2, -0.15) is 0 Å².